The van der Waals surface area contributed by atoms with Crippen molar-refractivity contribution >= 4 is 31.9 Å². The number of ether oxygens (including phenoxy) is 1. The molecular formula is C13H16Br2F3NO. The molecule has 1 rings (SSSR count). The van der Waals surface area contributed by atoms with E-state index >= 15 is 0 Å². The Hall–Kier alpha value is -0.270. The number of methoxy groups -OCH3 is 1. The molecule has 0 aliphatic rings. The number of benzene rings is 1. The Morgan fingerprint density at radius 1 is 1.15 bits per heavy atom. The van der Waals surface area contributed by atoms with Crippen LogP contribution in [0, 0.1) is 0 Å². The summed E-state index contributed by atoms with van der Waals surface area (Å²) in [5, 5.41) is 3.13. The molecule has 1 N–H and O–H groups in total. The molecule has 0 atom stereocenters. The van der Waals surface area contributed by atoms with Crippen molar-refractivity contribution in [2.24, 2.45) is 0 Å². The lowest BCUT2D eigenvalue weighted by Crippen LogP contribution is -2.16. The molecular weight excluding hydrogens is 403 g/mol. The van der Waals surface area contributed by atoms with E-state index in [1.807, 2.05) is 12.1 Å². The second kappa shape index (κ2) is 8.24. The summed E-state index contributed by atoms with van der Waals surface area (Å²) >= 11 is 6.81. The van der Waals surface area contributed by atoms with Gasteiger partial charge in [-0.05, 0) is 68.9 Å². The van der Waals surface area contributed by atoms with Gasteiger partial charge in [0, 0.05) is 13.0 Å². The lowest BCUT2D eigenvalue weighted by Gasteiger charge is -2.10. The Bertz CT molecular complexity index is 415. The van der Waals surface area contributed by atoms with Gasteiger partial charge in [0.15, 0.2) is 0 Å². The van der Waals surface area contributed by atoms with Crippen LogP contribution in [0.4, 0.5) is 13.2 Å². The van der Waals surface area contributed by atoms with Crippen LogP contribution < -0.4 is 10.1 Å². The molecule has 2 nitrogen and oxygen atoms in total. The van der Waals surface area contributed by atoms with Gasteiger partial charge in [-0.15, -0.1) is 0 Å². The molecule has 7 heteroatoms. The van der Waals surface area contributed by atoms with Crippen molar-refractivity contribution in [1.82, 2.24) is 5.32 Å². The highest BCUT2D eigenvalue weighted by atomic mass is 79.9. The number of halogens is 5. The number of hydrogen-bond donors (Lipinski definition) is 1. The van der Waals surface area contributed by atoms with E-state index in [4.69, 9.17) is 4.74 Å². The number of hydrogen-bond acceptors (Lipinski definition) is 2. The zero-order valence-electron chi connectivity index (χ0n) is 11.0. The lowest BCUT2D eigenvalue weighted by atomic mass is 10.2. The van der Waals surface area contributed by atoms with Crippen LogP contribution in [-0.2, 0) is 6.54 Å². The van der Waals surface area contributed by atoms with Crippen LogP contribution in [0.15, 0.2) is 21.1 Å². The van der Waals surface area contributed by atoms with Crippen LogP contribution in [0.1, 0.15) is 24.8 Å². The molecule has 114 valence electrons. The molecule has 0 aromatic heterocycles. The van der Waals surface area contributed by atoms with Crippen LogP contribution in [0.25, 0.3) is 0 Å². The van der Waals surface area contributed by atoms with Gasteiger partial charge in [0.1, 0.15) is 5.75 Å². The van der Waals surface area contributed by atoms with E-state index in [2.05, 4.69) is 37.2 Å². The molecule has 0 saturated heterocycles. The fraction of sp³-hybridized carbons (Fsp3) is 0.538. The van der Waals surface area contributed by atoms with Crippen molar-refractivity contribution in [1.29, 1.82) is 0 Å². The summed E-state index contributed by atoms with van der Waals surface area (Å²) in [6.07, 6.45) is -4.09. The number of alkyl halides is 3. The van der Waals surface area contributed by atoms with E-state index in [0.717, 1.165) is 20.3 Å². The SMILES string of the molecule is COc1c(Br)cc(CNCCCCC(F)(F)F)cc1Br. The second-order valence-electron chi connectivity index (χ2n) is 4.34. The summed E-state index contributed by atoms with van der Waals surface area (Å²) < 4.78 is 42.7. The maximum absolute atomic E-state index is 11.9. The predicted octanol–water partition coefficient (Wildman–Crippen LogP) is 5.04. The molecule has 0 radical (unpaired) electrons. The molecule has 0 unspecified atom stereocenters. The van der Waals surface area contributed by atoms with Gasteiger partial charge in [-0.2, -0.15) is 13.2 Å². The molecule has 1 aromatic rings. The van der Waals surface area contributed by atoms with Gasteiger partial charge in [0.25, 0.3) is 0 Å². The van der Waals surface area contributed by atoms with Crippen LogP contribution in [-0.4, -0.2) is 19.8 Å². The van der Waals surface area contributed by atoms with Crippen LogP contribution in [0.3, 0.4) is 0 Å². The molecule has 0 aliphatic carbocycles. The topological polar surface area (TPSA) is 21.3 Å². The Morgan fingerprint density at radius 3 is 2.25 bits per heavy atom. The number of nitrogens with one attached hydrogen (secondary N) is 1. The first-order valence-corrected chi connectivity index (χ1v) is 7.71. The molecule has 20 heavy (non-hydrogen) atoms. The average molecular weight is 419 g/mol. The third kappa shape index (κ3) is 6.45. The molecule has 0 amide bonds. The summed E-state index contributed by atoms with van der Waals surface area (Å²) in [5.41, 5.74) is 1.03. The van der Waals surface area contributed by atoms with Gasteiger partial charge in [0.05, 0.1) is 16.1 Å². The molecule has 1 aromatic carbocycles. The van der Waals surface area contributed by atoms with Crippen molar-refractivity contribution in [2.75, 3.05) is 13.7 Å². The van der Waals surface area contributed by atoms with Crippen molar-refractivity contribution in [3.8, 4) is 5.75 Å². The molecule has 0 spiro atoms. The predicted molar refractivity (Wildman–Crippen MR) is 80.0 cm³/mol. The first-order chi connectivity index (χ1) is 9.33. The van der Waals surface area contributed by atoms with E-state index in [-0.39, 0.29) is 6.42 Å². The quantitative estimate of drug-likeness (QED) is 0.626. The molecule has 0 bridgehead atoms. The third-order valence-electron chi connectivity index (χ3n) is 2.66. The normalized spacial score (nSPS) is 11.7. The smallest absolute Gasteiger partial charge is 0.389 e. The summed E-state index contributed by atoms with van der Waals surface area (Å²) in [5.74, 6) is 0.721. The summed E-state index contributed by atoms with van der Waals surface area (Å²) in [6, 6.07) is 3.85. The minimum Gasteiger partial charge on any atom is -0.494 e. The van der Waals surface area contributed by atoms with Crippen LogP contribution in [0.2, 0.25) is 0 Å². The van der Waals surface area contributed by atoms with E-state index in [0.29, 0.717) is 19.5 Å². The minimum absolute atomic E-state index is 0.159. The van der Waals surface area contributed by atoms with E-state index < -0.39 is 12.6 Å². The number of unbranched alkanes of at least 4 members (excludes halogenated alkanes) is 1. The zero-order chi connectivity index (χ0) is 15.2. The van der Waals surface area contributed by atoms with Gasteiger partial charge in [-0.25, -0.2) is 0 Å². The van der Waals surface area contributed by atoms with Gasteiger partial charge >= 0.3 is 6.18 Å². The van der Waals surface area contributed by atoms with Gasteiger partial charge < -0.3 is 10.1 Å². The first-order valence-electron chi connectivity index (χ1n) is 6.13. The van der Waals surface area contributed by atoms with Gasteiger partial charge in [0.2, 0.25) is 0 Å². The van der Waals surface area contributed by atoms with Crippen molar-refractivity contribution < 1.29 is 17.9 Å². The maximum atomic E-state index is 11.9. The Balaban J connectivity index is 2.33. The van der Waals surface area contributed by atoms with Gasteiger partial charge in [-0.3, -0.25) is 0 Å². The van der Waals surface area contributed by atoms with Crippen LogP contribution >= 0.6 is 31.9 Å². The highest BCUT2D eigenvalue weighted by Gasteiger charge is 2.25. The Kier molecular flexibility index (Phi) is 7.33. The monoisotopic (exact) mass is 417 g/mol. The van der Waals surface area contributed by atoms with Crippen LogP contribution in [0.5, 0.6) is 5.75 Å². The summed E-state index contributed by atoms with van der Waals surface area (Å²) in [6.45, 7) is 1.17. The summed E-state index contributed by atoms with van der Waals surface area (Å²) in [7, 11) is 1.59. The van der Waals surface area contributed by atoms with E-state index in [1.54, 1.807) is 7.11 Å². The number of rotatable bonds is 7. The summed E-state index contributed by atoms with van der Waals surface area (Å²) in [4.78, 5) is 0. The Morgan fingerprint density at radius 2 is 1.75 bits per heavy atom. The fourth-order valence-corrected chi connectivity index (χ4v) is 3.32. The largest absolute Gasteiger partial charge is 0.494 e. The van der Waals surface area contributed by atoms with Crippen molar-refractivity contribution in [3.05, 3.63) is 26.6 Å². The Labute approximate surface area is 133 Å². The zero-order valence-corrected chi connectivity index (χ0v) is 14.2. The van der Waals surface area contributed by atoms with E-state index in [1.165, 1.54) is 0 Å². The van der Waals surface area contributed by atoms with Crippen molar-refractivity contribution in [2.45, 2.75) is 32.0 Å². The first kappa shape index (κ1) is 17.8. The minimum atomic E-state index is -4.05. The molecule has 0 aliphatic heterocycles. The average Bonchev–Trinajstić information content (AvgIpc) is 2.32. The molecule has 0 saturated carbocycles. The highest BCUT2D eigenvalue weighted by Crippen LogP contribution is 2.34. The second-order valence-corrected chi connectivity index (χ2v) is 6.05. The molecule has 0 heterocycles. The third-order valence-corrected chi connectivity index (χ3v) is 3.83. The lowest BCUT2D eigenvalue weighted by molar-refractivity contribution is -0.135. The van der Waals surface area contributed by atoms with Crippen molar-refractivity contribution in [3.63, 3.8) is 0 Å². The van der Waals surface area contributed by atoms with Gasteiger partial charge in [-0.1, -0.05) is 0 Å². The highest BCUT2D eigenvalue weighted by molar-refractivity contribution is 9.11. The molecule has 0 fully saturated rings. The standard InChI is InChI=1S/C13H16Br2F3NO/c1-20-12-10(14)6-9(7-11(12)15)8-19-5-3-2-4-13(16,17)18/h6-7,19H,2-5,8H2,1H3. The maximum Gasteiger partial charge on any atom is 0.389 e. The van der Waals surface area contributed by atoms with E-state index in [9.17, 15) is 13.2 Å². The fourth-order valence-electron chi connectivity index (χ4n) is 1.72.